The first kappa shape index (κ1) is 12.5. The predicted molar refractivity (Wildman–Crippen MR) is 61.0 cm³/mol. The zero-order valence-corrected chi connectivity index (χ0v) is 9.81. The van der Waals surface area contributed by atoms with Gasteiger partial charge >= 0.3 is 0 Å². The molecule has 0 N–H and O–H groups in total. The van der Waals surface area contributed by atoms with Crippen molar-refractivity contribution in [1.29, 1.82) is 0 Å². The number of benzene rings is 1. The van der Waals surface area contributed by atoms with Crippen molar-refractivity contribution in [2.45, 2.75) is 19.8 Å². The minimum absolute atomic E-state index is 0.0483. The summed E-state index contributed by atoms with van der Waals surface area (Å²) in [5.74, 6) is -0.944. The Hall–Kier alpha value is -1.98. The van der Waals surface area contributed by atoms with Gasteiger partial charge in [0.1, 0.15) is 6.61 Å². The summed E-state index contributed by atoms with van der Waals surface area (Å²) in [5, 5.41) is 10.6. The Morgan fingerprint density at radius 1 is 1.56 bits per heavy atom. The number of halogens is 1. The quantitative estimate of drug-likeness (QED) is 0.596. The van der Waals surface area contributed by atoms with Crippen LogP contribution in [0, 0.1) is 28.8 Å². The van der Waals surface area contributed by atoms with Crippen LogP contribution in [0.25, 0.3) is 0 Å². The number of hydrogen-bond acceptors (Lipinski definition) is 4. The molecule has 1 fully saturated rings. The Bertz CT molecular complexity index is 511. The van der Waals surface area contributed by atoms with Crippen molar-refractivity contribution in [3.05, 3.63) is 33.6 Å². The van der Waals surface area contributed by atoms with E-state index >= 15 is 0 Å². The zero-order valence-electron chi connectivity index (χ0n) is 9.81. The van der Waals surface area contributed by atoms with E-state index in [1.807, 2.05) is 0 Å². The third kappa shape index (κ3) is 2.64. The second kappa shape index (κ2) is 4.72. The SMILES string of the molecule is Cc1cc(OCC(=O)C2CC2)c(F)cc1[N+](=O)[O-]. The van der Waals surface area contributed by atoms with E-state index in [9.17, 15) is 19.3 Å². The largest absolute Gasteiger partial charge is 0.483 e. The number of Topliss-reactive ketones (excluding diaryl/α,β-unsaturated/α-hetero) is 1. The molecule has 1 aromatic carbocycles. The Balaban J connectivity index is 2.10. The van der Waals surface area contributed by atoms with Crippen LogP contribution in [0.5, 0.6) is 5.75 Å². The Kier molecular flexibility index (Phi) is 3.27. The van der Waals surface area contributed by atoms with Crippen LogP contribution < -0.4 is 4.74 Å². The summed E-state index contributed by atoms with van der Waals surface area (Å²) in [5.41, 5.74) is 0.00337. The molecule has 5 nitrogen and oxygen atoms in total. The molecule has 0 amide bonds. The lowest BCUT2D eigenvalue weighted by molar-refractivity contribution is -0.385. The summed E-state index contributed by atoms with van der Waals surface area (Å²) >= 11 is 0. The third-order valence-electron chi connectivity index (χ3n) is 2.85. The maximum atomic E-state index is 13.5. The summed E-state index contributed by atoms with van der Waals surface area (Å²) in [4.78, 5) is 21.3. The van der Waals surface area contributed by atoms with Crippen LogP contribution >= 0.6 is 0 Å². The molecule has 1 aliphatic rings. The van der Waals surface area contributed by atoms with E-state index in [4.69, 9.17) is 4.74 Å². The van der Waals surface area contributed by atoms with Crippen LogP contribution in [-0.4, -0.2) is 17.3 Å². The lowest BCUT2D eigenvalue weighted by atomic mass is 10.2. The summed E-state index contributed by atoms with van der Waals surface area (Å²) in [6.45, 7) is 1.31. The fraction of sp³-hybridized carbons (Fsp3) is 0.417. The third-order valence-corrected chi connectivity index (χ3v) is 2.85. The van der Waals surface area contributed by atoms with Gasteiger partial charge in [-0.05, 0) is 25.8 Å². The minimum Gasteiger partial charge on any atom is -0.483 e. The fourth-order valence-corrected chi connectivity index (χ4v) is 1.62. The number of ether oxygens (including phenoxy) is 1. The van der Waals surface area contributed by atoms with Crippen molar-refractivity contribution in [2.75, 3.05) is 6.61 Å². The highest BCUT2D eigenvalue weighted by molar-refractivity contribution is 5.84. The highest BCUT2D eigenvalue weighted by atomic mass is 19.1. The first-order chi connectivity index (χ1) is 8.49. The van der Waals surface area contributed by atoms with E-state index in [2.05, 4.69) is 0 Å². The minimum atomic E-state index is -0.823. The van der Waals surface area contributed by atoms with Crippen LogP contribution in [0.1, 0.15) is 18.4 Å². The van der Waals surface area contributed by atoms with Gasteiger partial charge < -0.3 is 4.74 Å². The molecule has 0 bridgehead atoms. The normalized spacial score (nSPS) is 14.3. The number of carbonyl (C=O) groups is 1. The van der Waals surface area contributed by atoms with Crippen molar-refractivity contribution >= 4 is 11.5 Å². The van der Waals surface area contributed by atoms with Gasteiger partial charge in [-0.15, -0.1) is 0 Å². The molecule has 1 aromatic rings. The average molecular weight is 253 g/mol. The Labute approximate surface area is 103 Å². The van der Waals surface area contributed by atoms with Gasteiger partial charge in [0, 0.05) is 11.5 Å². The van der Waals surface area contributed by atoms with E-state index in [-0.39, 0.29) is 29.7 Å². The highest BCUT2D eigenvalue weighted by Crippen LogP contribution is 2.31. The molecule has 2 rings (SSSR count). The number of hydrogen-bond donors (Lipinski definition) is 0. The van der Waals surface area contributed by atoms with Gasteiger partial charge in [0.05, 0.1) is 11.0 Å². The molecule has 0 radical (unpaired) electrons. The first-order valence-electron chi connectivity index (χ1n) is 5.59. The Morgan fingerprint density at radius 3 is 2.78 bits per heavy atom. The van der Waals surface area contributed by atoms with Crippen molar-refractivity contribution in [2.24, 2.45) is 5.92 Å². The molecule has 6 heteroatoms. The van der Waals surface area contributed by atoms with Gasteiger partial charge in [0.2, 0.25) is 0 Å². The fourth-order valence-electron chi connectivity index (χ4n) is 1.62. The van der Waals surface area contributed by atoms with E-state index in [1.54, 1.807) is 0 Å². The second-order valence-electron chi connectivity index (χ2n) is 4.36. The lowest BCUT2D eigenvalue weighted by Crippen LogP contribution is -2.13. The van der Waals surface area contributed by atoms with Crippen LogP contribution in [0.3, 0.4) is 0 Å². The van der Waals surface area contributed by atoms with E-state index in [1.165, 1.54) is 13.0 Å². The van der Waals surface area contributed by atoms with E-state index in [0.29, 0.717) is 5.56 Å². The van der Waals surface area contributed by atoms with Crippen molar-refractivity contribution in [1.82, 2.24) is 0 Å². The molecule has 0 unspecified atom stereocenters. The number of nitro benzene ring substituents is 1. The monoisotopic (exact) mass is 253 g/mol. The predicted octanol–water partition coefficient (Wildman–Crippen LogP) is 2.40. The molecular weight excluding hydrogens is 241 g/mol. The highest BCUT2D eigenvalue weighted by Gasteiger charge is 2.30. The number of ketones is 1. The summed E-state index contributed by atoms with van der Waals surface area (Å²) < 4.78 is 18.6. The molecule has 0 spiro atoms. The molecule has 0 saturated heterocycles. The Morgan fingerprint density at radius 2 is 2.22 bits per heavy atom. The lowest BCUT2D eigenvalue weighted by Gasteiger charge is -2.07. The van der Waals surface area contributed by atoms with Crippen molar-refractivity contribution in [3.63, 3.8) is 0 Å². The molecule has 18 heavy (non-hydrogen) atoms. The maximum Gasteiger partial charge on any atom is 0.275 e. The summed E-state index contributed by atoms with van der Waals surface area (Å²) in [6, 6.07) is 2.06. The molecular formula is C12H12FNO4. The topological polar surface area (TPSA) is 69.4 Å². The smallest absolute Gasteiger partial charge is 0.275 e. The maximum absolute atomic E-state index is 13.5. The second-order valence-corrected chi connectivity index (χ2v) is 4.36. The average Bonchev–Trinajstić information content (AvgIpc) is 3.12. The van der Waals surface area contributed by atoms with Crippen LogP contribution in [0.4, 0.5) is 10.1 Å². The molecule has 1 aliphatic carbocycles. The summed E-state index contributed by atoms with van der Waals surface area (Å²) in [7, 11) is 0. The van der Waals surface area contributed by atoms with Gasteiger partial charge in [-0.1, -0.05) is 0 Å². The number of carbonyl (C=O) groups excluding carboxylic acids is 1. The molecule has 0 atom stereocenters. The van der Waals surface area contributed by atoms with Crippen molar-refractivity contribution < 1.29 is 18.8 Å². The molecule has 1 saturated carbocycles. The van der Waals surface area contributed by atoms with E-state index < -0.39 is 10.7 Å². The van der Waals surface area contributed by atoms with E-state index in [0.717, 1.165) is 18.9 Å². The zero-order chi connectivity index (χ0) is 13.3. The van der Waals surface area contributed by atoms with Gasteiger partial charge in [-0.3, -0.25) is 14.9 Å². The van der Waals surface area contributed by atoms with Gasteiger partial charge in [0.15, 0.2) is 17.3 Å². The number of nitro groups is 1. The molecule has 0 aliphatic heterocycles. The number of rotatable bonds is 5. The number of nitrogens with zero attached hydrogens (tertiary/aromatic N) is 1. The van der Waals surface area contributed by atoms with Gasteiger partial charge in [-0.25, -0.2) is 4.39 Å². The molecule has 0 heterocycles. The van der Waals surface area contributed by atoms with Gasteiger partial charge in [-0.2, -0.15) is 0 Å². The van der Waals surface area contributed by atoms with Gasteiger partial charge in [0.25, 0.3) is 5.69 Å². The van der Waals surface area contributed by atoms with Crippen molar-refractivity contribution in [3.8, 4) is 5.75 Å². The molecule has 96 valence electrons. The van der Waals surface area contributed by atoms with Crippen LogP contribution in [0.15, 0.2) is 12.1 Å². The number of aryl methyl sites for hydroxylation is 1. The first-order valence-corrected chi connectivity index (χ1v) is 5.59. The van der Waals surface area contributed by atoms with Crippen LogP contribution in [0.2, 0.25) is 0 Å². The van der Waals surface area contributed by atoms with Crippen LogP contribution in [-0.2, 0) is 4.79 Å². The summed E-state index contributed by atoms with van der Waals surface area (Å²) in [6.07, 6.45) is 1.73. The molecule has 0 aromatic heterocycles. The standard InChI is InChI=1S/C12H12FNO4/c1-7-4-12(9(13)5-10(7)14(16)17)18-6-11(15)8-2-3-8/h4-5,8H,2-3,6H2,1H3.